The summed E-state index contributed by atoms with van der Waals surface area (Å²) < 4.78 is 0. The van der Waals surface area contributed by atoms with Crippen molar-refractivity contribution in [1.29, 1.82) is 0 Å². The average molecular weight is 321 g/mol. The van der Waals surface area contributed by atoms with Crippen LogP contribution in [-0.4, -0.2) is 29.7 Å². The van der Waals surface area contributed by atoms with Crippen LogP contribution >= 0.6 is 12.2 Å². The predicted molar refractivity (Wildman–Crippen MR) is 98.5 cm³/mol. The molecule has 0 bridgehead atoms. The number of hydrogen-bond donors (Lipinski definition) is 2. The van der Waals surface area contributed by atoms with E-state index in [1.54, 1.807) is 0 Å². The van der Waals surface area contributed by atoms with Crippen LogP contribution in [-0.2, 0) is 0 Å². The number of rotatable bonds is 4. The van der Waals surface area contributed by atoms with E-state index in [1.807, 2.05) is 6.20 Å². The summed E-state index contributed by atoms with van der Waals surface area (Å²) in [6.07, 6.45) is 3.18. The molecule has 1 aromatic rings. The third-order valence-electron chi connectivity index (χ3n) is 3.87. The van der Waals surface area contributed by atoms with Crippen LogP contribution < -0.4 is 15.5 Å². The minimum atomic E-state index is 0.573. The van der Waals surface area contributed by atoms with Gasteiger partial charge in [0.25, 0.3) is 0 Å². The lowest BCUT2D eigenvalue weighted by molar-refractivity contribution is 0.355. The SMILES string of the molecule is CC(C)CNC(=S)Nc1ccc(N2C[C@H](C)C[C@@H](C)C2)nc1. The Morgan fingerprint density at radius 1 is 1.32 bits per heavy atom. The maximum Gasteiger partial charge on any atom is 0.170 e. The summed E-state index contributed by atoms with van der Waals surface area (Å²) >= 11 is 5.28. The van der Waals surface area contributed by atoms with Crippen molar-refractivity contribution in [1.82, 2.24) is 10.3 Å². The van der Waals surface area contributed by atoms with Crippen LogP contribution in [0.5, 0.6) is 0 Å². The van der Waals surface area contributed by atoms with E-state index in [2.05, 4.69) is 60.3 Å². The van der Waals surface area contributed by atoms with Gasteiger partial charge in [-0.3, -0.25) is 0 Å². The first-order valence-electron chi connectivity index (χ1n) is 8.20. The van der Waals surface area contributed by atoms with Crippen molar-refractivity contribution in [2.24, 2.45) is 17.8 Å². The minimum Gasteiger partial charge on any atom is -0.362 e. The zero-order chi connectivity index (χ0) is 16.1. The lowest BCUT2D eigenvalue weighted by Crippen LogP contribution is -2.39. The average Bonchev–Trinajstić information content (AvgIpc) is 2.45. The van der Waals surface area contributed by atoms with Gasteiger partial charge in [0.15, 0.2) is 5.11 Å². The molecule has 1 aromatic heterocycles. The van der Waals surface area contributed by atoms with Crippen LogP contribution in [0.15, 0.2) is 18.3 Å². The molecule has 0 aliphatic carbocycles. The molecule has 0 radical (unpaired) electrons. The van der Waals surface area contributed by atoms with Gasteiger partial charge in [-0.2, -0.15) is 0 Å². The smallest absolute Gasteiger partial charge is 0.170 e. The second-order valence-electron chi connectivity index (χ2n) is 6.98. The summed E-state index contributed by atoms with van der Waals surface area (Å²) in [7, 11) is 0. The highest BCUT2D eigenvalue weighted by Gasteiger charge is 2.22. The normalized spacial score (nSPS) is 21.8. The van der Waals surface area contributed by atoms with Crippen molar-refractivity contribution < 1.29 is 0 Å². The lowest BCUT2D eigenvalue weighted by Gasteiger charge is -2.35. The van der Waals surface area contributed by atoms with E-state index in [0.29, 0.717) is 11.0 Å². The molecular weight excluding hydrogens is 292 g/mol. The molecule has 22 heavy (non-hydrogen) atoms. The Hall–Kier alpha value is -1.36. The largest absolute Gasteiger partial charge is 0.362 e. The number of anilines is 2. The first-order valence-corrected chi connectivity index (χ1v) is 8.60. The zero-order valence-electron chi connectivity index (χ0n) is 14.1. The second-order valence-corrected chi connectivity index (χ2v) is 7.39. The molecule has 2 atom stereocenters. The van der Waals surface area contributed by atoms with Crippen LogP contribution in [0.1, 0.15) is 34.1 Å². The summed E-state index contributed by atoms with van der Waals surface area (Å²) in [6, 6.07) is 4.13. The van der Waals surface area contributed by atoms with Gasteiger partial charge in [-0.05, 0) is 48.5 Å². The number of pyridine rings is 1. The Morgan fingerprint density at radius 2 is 2.00 bits per heavy atom. The molecule has 1 saturated heterocycles. The molecule has 2 N–H and O–H groups in total. The summed E-state index contributed by atoms with van der Waals surface area (Å²) in [5, 5.41) is 7.04. The highest BCUT2D eigenvalue weighted by molar-refractivity contribution is 7.80. The van der Waals surface area contributed by atoms with Gasteiger partial charge in [-0.1, -0.05) is 27.7 Å². The molecule has 2 heterocycles. The maximum atomic E-state index is 5.28. The van der Waals surface area contributed by atoms with Gasteiger partial charge >= 0.3 is 0 Å². The van der Waals surface area contributed by atoms with Crippen molar-refractivity contribution >= 4 is 28.8 Å². The van der Waals surface area contributed by atoms with Gasteiger partial charge in [0.05, 0.1) is 11.9 Å². The Balaban J connectivity index is 1.91. The number of nitrogens with zero attached hydrogens (tertiary/aromatic N) is 2. The monoisotopic (exact) mass is 320 g/mol. The van der Waals surface area contributed by atoms with E-state index < -0.39 is 0 Å². The summed E-state index contributed by atoms with van der Waals surface area (Å²) in [5.41, 5.74) is 0.933. The number of piperidine rings is 1. The van der Waals surface area contributed by atoms with E-state index >= 15 is 0 Å². The van der Waals surface area contributed by atoms with Gasteiger partial charge in [-0.25, -0.2) is 4.98 Å². The fourth-order valence-electron chi connectivity index (χ4n) is 2.97. The van der Waals surface area contributed by atoms with Gasteiger partial charge in [0.1, 0.15) is 5.82 Å². The zero-order valence-corrected chi connectivity index (χ0v) is 14.9. The number of aromatic nitrogens is 1. The molecule has 0 unspecified atom stereocenters. The summed E-state index contributed by atoms with van der Waals surface area (Å²) in [4.78, 5) is 6.98. The molecule has 0 saturated carbocycles. The third-order valence-corrected chi connectivity index (χ3v) is 4.12. The third kappa shape index (κ3) is 5.13. The van der Waals surface area contributed by atoms with Crippen molar-refractivity contribution in [3.63, 3.8) is 0 Å². The van der Waals surface area contributed by atoms with Crippen LogP contribution in [0.25, 0.3) is 0 Å². The topological polar surface area (TPSA) is 40.2 Å². The minimum absolute atomic E-state index is 0.573. The molecule has 2 rings (SSSR count). The van der Waals surface area contributed by atoms with Crippen LogP contribution in [0.4, 0.5) is 11.5 Å². The standard InChI is InChI=1S/C17H28N4S/c1-12(2)8-19-17(22)20-15-5-6-16(18-9-15)21-10-13(3)7-14(4)11-21/h5-6,9,12-14H,7-8,10-11H2,1-4H3,(H2,19,20,22)/t13-,14-/m1/s1. The molecule has 0 amide bonds. The maximum absolute atomic E-state index is 5.28. The van der Waals surface area contributed by atoms with E-state index in [4.69, 9.17) is 12.2 Å². The summed E-state index contributed by atoms with van der Waals surface area (Å²) in [5.74, 6) is 3.10. The van der Waals surface area contributed by atoms with Crippen LogP contribution in [0.2, 0.25) is 0 Å². The Bertz CT molecular complexity index is 476. The van der Waals surface area contributed by atoms with Crippen LogP contribution in [0.3, 0.4) is 0 Å². The molecule has 5 heteroatoms. The van der Waals surface area contributed by atoms with E-state index in [1.165, 1.54) is 6.42 Å². The summed E-state index contributed by atoms with van der Waals surface area (Å²) in [6.45, 7) is 12.0. The first-order chi connectivity index (χ1) is 10.4. The van der Waals surface area contributed by atoms with Crippen molar-refractivity contribution in [2.45, 2.75) is 34.1 Å². The lowest BCUT2D eigenvalue weighted by atomic mass is 9.92. The Labute approximate surface area is 139 Å². The molecular formula is C17H28N4S. The molecule has 122 valence electrons. The number of hydrogen-bond acceptors (Lipinski definition) is 3. The Morgan fingerprint density at radius 3 is 2.55 bits per heavy atom. The number of nitrogens with one attached hydrogen (secondary N) is 2. The first kappa shape index (κ1) is 17.0. The fourth-order valence-corrected chi connectivity index (χ4v) is 3.17. The molecule has 0 aromatic carbocycles. The second kappa shape index (κ2) is 7.77. The number of thiocarbonyl (C=S) groups is 1. The van der Waals surface area contributed by atoms with Gasteiger partial charge in [0, 0.05) is 19.6 Å². The van der Waals surface area contributed by atoms with Crippen molar-refractivity contribution in [3.8, 4) is 0 Å². The molecule has 4 nitrogen and oxygen atoms in total. The fraction of sp³-hybridized carbons (Fsp3) is 0.647. The molecule has 0 spiro atoms. The Kier molecular flexibility index (Phi) is 6.00. The van der Waals surface area contributed by atoms with Crippen molar-refractivity contribution in [3.05, 3.63) is 18.3 Å². The van der Waals surface area contributed by atoms with Crippen LogP contribution in [0, 0.1) is 17.8 Å². The van der Waals surface area contributed by atoms with Gasteiger partial charge < -0.3 is 15.5 Å². The molecule has 1 fully saturated rings. The van der Waals surface area contributed by atoms with Crippen molar-refractivity contribution in [2.75, 3.05) is 29.9 Å². The van der Waals surface area contributed by atoms with E-state index in [0.717, 1.165) is 43.0 Å². The van der Waals surface area contributed by atoms with E-state index in [9.17, 15) is 0 Å². The highest BCUT2D eigenvalue weighted by atomic mass is 32.1. The predicted octanol–water partition coefficient (Wildman–Crippen LogP) is 3.51. The quantitative estimate of drug-likeness (QED) is 0.831. The van der Waals surface area contributed by atoms with Gasteiger partial charge in [-0.15, -0.1) is 0 Å². The molecule has 1 aliphatic heterocycles. The molecule has 1 aliphatic rings. The highest BCUT2D eigenvalue weighted by Crippen LogP contribution is 2.25. The van der Waals surface area contributed by atoms with Gasteiger partial charge in [0.2, 0.25) is 0 Å². The van der Waals surface area contributed by atoms with E-state index in [-0.39, 0.29) is 0 Å².